The SMILES string of the molecule is CCCCC(C)NC(=O)c1cc(N)cc(C)c1F. The number of unbranched alkanes of at least 4 members (excludes halogenated alkanes) is 1. The second-order valence-electron chi connectivity index (χ2n) is 4.72. The van der Waals surface area contributed by atoms with Crippen LogP contribution in [0.15, 0.2) is 12.1 Å². The first kappa shape index (κ1) is 14.5. The number of nitrogens with one attached hydrogen (secondary N) is 1. The van der Waals surface area contributed by atoms with Crippen LogP contribution >= 0.6 is 0 Å². The summed E-state index contributed by atoms with van der Waals surface area (Å²) in [6.07, 6.45) is 3.01. The van der Waals surface area contributed by atoms with E-state index in [9.17, 15) is 9.18 Å². The Labute approximate surface area is 108 Å². The maximum atomic E-state index is 13.8. The Bertz CT molecular complexity index is 432. The lowest BCUT2D eigenvalue weighted by atomic mass is 10.1. The van der Waals surface area contributed by atoms with E-state index in [0.717, 1.165) is 19.3 Å². The predicted molar refractivity (Wildman–Crippen MR) is 72.0 cm³/mol. The molecule has 1 amide bonds. The summed E-state index contributed by atoms with van der Waals surface area (Å²) in [7, 11) is 0. The highest BCUT2D eigenvalue weighted by Gasteiger charge is 2.16. The number of rotatable bonds is 5. The Morgan fingerprint density at radius 3 is 2.78 bits per heavy atom. The maximum absolute atomic E-state index is 13.8. The average Bonchev–Trinajstić information content (AvgIpc) is 2.30. The molecule has 0 aliphatic heterocycles. The first-order chi connectivity index (χ1) is 8.45. The zero-order valence-electron chi connectivity index (χ0n) is 11.2. The molecule has 0 bridgehead atoms. The van der Waals surface area contributed by atoms with Gasteiger partial charge >= 0.3 is 0 Å². The van der Waals surface area contributed by atoms with Crippen molar-refractivity contribution < 1.29 is 9.18 Å². The lowest BCUT2D eigenvalue weighted by Crippen LogP contribution is -2.33. The lowest BCUT2D eigenvalue weighted by Gasteiger charge is -2.14. The molecule has 18 heavy (non-hydrogen) atoms. The summed E-state index contributed by atoms with van der Waals surface area (Å²) >= 11 is 0. The van der Waals surface area contributed by atoms with Crippen LogP contribution in [0.4, 0.5) is 10.1 Å². The van der Waals surface area contributed by atoms with E-state index < -0.39 is 11.7 Å². The largest absolute Gasteiger partial charge is 0.399 e. The van der Waals surface area contributed by atoms with Gasteiger partial charge in [0.2, 0.25) is 0 Å². The highest BCUT2D eigenvalue weighted by atomic mass is 19.1. The van der Waals surface area contributed by atoms with E-state index in [0.29, 0.717) is 11.3 Å². The quantitative estimate of drug-likeness (QED) is 0.791. The summed E-state index contributed by atoms with van der Waals surface area (Å²) in [5.41, 5.74) is 6.45. The third-order valence-electron chi connectivity index (χ3n) is 2.89. The Hall–Kier alpha value is -1.58. The number of hydrogen-bond donors (Lipinski definition) is 2. The maximum Gasteiger partial charge on any atom is 0.254 e. The van der Waals surface area contributed by atoms with Gasteiger partial charge in [0.1, 0.15) is 5.82 Å². The van der Waals surface area contributed by atoms with Crippen molar-refractivity contribution in [1.29, 1.82) is 0 Å². The van der Waals surface area contributed by atoms with Crippen molar-refractivity contribution in [2.45, 2.75) is 46.1 Å². The van der Waals surface area contributed by atoms with Crippen molar-refractivity contribution in [1.82, 2.24) is 5.32 Å². The average molecular weight is 252 g/mol. The van der Waals surface area contributed by atoms with Crippen LogP contribution < -0.4 is 11.1 Å². The third-order valence-corrected chi connectivity index (χ3v) is 2.89. The number of benzene rings is 1. The van der Waals surface area contributed by atoms with Crippen molar-refractivity contribution in [3.63, 3.8) is 0 Å². The molecule has 0 saturated carbocycles. The molecule has 0 radical (unpaired) electrons. The fraction of sp³-hybridized carbons (Fsp3) is 0.500. The van der Waals surface area contributed by atoms with E-state index in [1.807, 2.05) is 6.92 Å². The van der Waals surface area contributed by atoms with Crippen LogP contribution in [0.3, 0.4) is 0 Å². The van der Waals surface area contributed by atoms with Crippen molar-refractivity contribution in [2.75, 3.05) is 5.73 Å². The van der Waals surface area contributed by atoms with Crippen LogP contribution in [-0.4, -0.2) is 11.9 Å². The molecular formula is C14H21FN2O. The number of aryl methyl sites for hydroxylation is 1. The second kappa shape index (κ2) is 6.38. The molecule has 3 nitrogen and oxygen atoms in total. The highest BCUT2D eigenvalue weighted by molar-refractivity contribution is 5.95. The summed E-state index contributed by atoms with van der Waals surface area (Å²) in [6.45, 7) is 5.61. The normalized spacial score (nSPS) is 12.2. The second-order valence-corrected chi connectivity index (χ2v) is 4.72. The lowest BCUT2D eigenvalue weighted by molar-refractivity contribution is 0.0934. The Morgan fingerprint density at radius 2 is 2.17 bits per heavy atom. The van der Waals surface area contributed by atoms with E-state index in [1.165, 1.54) is 12.1 Å². The van der Waals surface area contributed by atoms with Gasteiger partial charge < -0.3 is 11.1 Å². The molecule has 0 heterocycles. The number of halogens is 1. The summed E-state index contributed by atoms with van der Waals surface area (Å²) in [5.74, 6) is -0.893. The zero-order chi connectivity index (χ0) is 13.7. The minimum atomic E-state index is -0.496. The summed E-state index contributed by atoms with van der Waals surface area (Å²) in [6, 6.07) is 2.94. The first-order valence-corrected chi connectivity index (χ1v) is 6.32. The standard InChI is InChI=1S/C14H21FN2O/c1-4-5-6-10(3)17-14(18)12-8-11(16)7-9(2)13(12)15/h7-8,10H,4-6,16H2,1-3H3,(H,17,18). The van der Waals surface area contributed by atoms with E-state index in [1.54, 1.807) is 6.92 Å². The van der Waals surface area contributed by atoms with Crippen molar-refractivity contribution in [3.8, 4) is 0 Å². The van der Waals surface area contributed by atoms with Crippen LogP contribution in [0.25, 0.3) is 0 Å². The zero-order valence-corrected chi connectivity index (χ0v) is 11.2. The highest BCUT2D eigenvalue weighted by Crippen LogP contribution is 2.17. The molecule has 1 aromatic carbocycles. The van der Waals surface area contributed by atoms with Gasteiger partial charge in [0, 0.05) is 11.7 Å². The first-order valence-electron chi connectivity index (χ1n) is 6.32. The minimum absolute atomic E-state index is 0.0239. The van der Waals surface area contributed by atoms with E-state index in [4.69, 9.17) is 5.73 Å². The fourth-order valence-electron chi connectivity index (χ4n) is 1.85. The monoisotopic (exact) mass is 252 g/mol. The Kier molecular flexibility index (Phi) is 5.13. The van der Waals surface area contributed by atoms with Gasteiger partial charge in [-0.05, 0) is 38.0 Å². The number of nitrogens with two attached hydrogens (primary N) is 1. The van der Waals surface area contributed by atoms with Crippen LogP contribution in [0.1, 0.15) is 49.0 Å². The van der Waals surface area contributed by atoms with Gasteiger partial charge in [-0.1, -0.05) is 19.8 Å². The number of hydrogen-bond acceptors (Lipinski definition) is 2. The van der Waals surface area contributed by atoms with E-state index in [-0.39, 0.29) is 11.6 Å². The smallest absolute Gasteiger partial charge is 0.254 e. The minimum Gasteiger partial charge on any atom is -0.399 e. The number of anilines is 1. The van der Waals surface area contributed by atoms with Gasteiger partial charge in [0.25, 0.3) is 5.91 Å². The third kappa shape index (κ3) is 3.72. The van der Waals surface area contributed by atoms with Gasteiger partial charge in [0.05, 0.1) is 5.56 Å². The Balaban J connectivity index is 2.78. The molecule has 0 aliphatic carbocycles. The fourth-order valence-corrected chi connectivity index (χ4v) is 1.85. The molecular weight excluding hydrogens is 231 g/mol. The van der Waals surface area contributed by atoms with Gasteiger partial charge in [-0.3, -0.25) is 4.79 Å². The van der Waals surface area contributed by atoms with Gasteiger partial charge in [-0.25, -0.2) is 4.39 Å². The molecule has 1 atom stereocenters. The summed E-state index contributed by atoms with van der Waals surface area (Å²) in [5, 5.41) is 2.79. The molecule has 1 unspecified atom stereocenters. The molecule has 100 valence electrons. The molecule has 1 rings (SSSR count). The van der Waals surface area contributed by atoms with E-state index in [2.05, 4.69) is 12.2 Å². The van der Waals surface area contributed by atoms with Crippen molar-refractivity contribution in [3.05, 3.63) is 29.1 Å². The number of amides is 1. The number of carbonyl (C=O) groups excluding carboxylic acids is 1. The van der Waals surface area contributed by atoms with E-state index >= 15 is 0 Å². The van der Waals surface area contributed by atoms with Crippen molar-refractivity contribution >= 4 is 11.6 Å². The number of carbonyl (C=O) groups is 1. The van der Waals surface area contributed by atoms with Gasteiger partial charge in [-0.15, -0.1) is 0 Å². The van der Waals surface area contributed by atoms with Gasteiger partial charge in [-0.2, -0.15) is 0 Å². The van der Waals surface area contributed by atoms with Crippen LogP contribution in [0, 0.1) is 12.7 Å². The number of nitrogen functional groups attached to an aromatic ring is 1. The van der Waals surface area contributed by atoms with Crippen LogP contribution in [-0.2, 0) is 0 Å². The summed E-state index contributed by atoms with van der Waals surface area (Å²) in [4.78, 5) is 11.9. The van der Waals surface area contributed by atoms with Crippen LogP contribution in [0.2, 0.25) is 0 Å². The molecule has 0 spiro atoms. The molecule has 0 saturated heterocycles. The molecule has 0 aromatic heterocycles. The van der Waals surface area contributed by atoms with Gasteiger partial charge in [0.15, 0.2) is 0 Å². The topological polar surface area (TPSA) is 55.1 Å². The molecule has 1 aromatic rings. The molecule has 3 N–H and O–H groups in total. The molecule has 4 heteroatoms. The van der Waals surface area contributed by atoms with Crippen molar-refractivity contribution in [2.24, 2.45) is 0 Å². The Morgan fingerprint density at radius 1 is 1.50 bits per heavy atom. The van der Waals surface area contributed by atoms with Crippen LogP contribution in [0.5, 0.6) is 0 Å². The molecule has 0 fully saturated rings. The molecule has 0 aliphatic rings. The summed E-state index contributed by atoms with van der Waals surface area (Å²) < 4.78 is 13.8. The predicted octanol–water partition coefficient (Wildman–Crippen LogP) is 3.02.